The quantitative estimate of drug-likeness (QED) is 0.837. The summed E-state index contributed by atoms with van der Waals surface area (Å²) in [6.07, 6.45) is 3.58. The van der Waals surface area contributed by atoms with Crippen LogP contribution in [0.25, 0.3) is 0 Å². The van der Waals surface area contributed by atoms with Gasteiger partial charge in [0.25, 0.3) is 0 Å². The van der Waals surface area contributed by atoms with Crippen molar-refractivity contribution in [2.75, 3.05) is 0 Å². The van der Waals surface area contributed by atoms with Crippen LogP contribution in [0.4, 0.5) is 0 Å². The minimum absolute atomic E-state index is 0.0289. The highest BCUT2D eigenvalue weighted by molar-refractivity contribution is 5.76. The molecule has 5 nitrogen and oxygen atoms in total. The van der Waals surface area contributed by atoms with Gasteiger partial charge in [0.15, 0.2) is 0 Å². The van der Waals surface area contributed by atoms with E-state index in [1.807, 2.05) is 17.7 Å². The summed E-state index contributed by atoms with van der Waals surface area (Å²) in [5.74, 6) is 1.34. The molecule has 5 heteroatoms. The van der Waals surface area contributed by atoms with Crippen molar-refractivity contribution in [3.63, 3.8) is 0 Å². The van der Waals surface area contributed by atoms with Gasteiger partial charge in [-0.3, -0.25) is 4.79 Å². The Labute approximate surface area is 122 Å². The van der Waals surface area contributed by atoms with Crippen LogP contribution in [0.2, 0.25) is 0 Å². The summed E-state index contributed by atoms with van der Waals surface area (Å²) in [7, 11) is 0. The van der Waals surface area contributed by atoms with Crippen molar-refractivity contribution in [1.82, 2.24) is 20.2 Å². The highest BCUT2D eigenvalue weighted by Gasteiger charge is 2.14. The summed E-state index contributed by atoms with van der Waals surface area (Å²) in [5.41, 5.74) is 0.0329. The molecule has 1 amide bonds. The molecule has 0 aliphatic rings. The van der Waals surface area contributed by atoms with Gasteiger partial charge in [-0.1, -0.05) is 13.8 Å². The largest absolute Gasteiger partial charge is 0.352 e. The van der Waals surface area contributed by atoms with Crippen LogP contribution < -0.4 is 10.6 Å². The number of carbonyl (C=O) groups excluding carboxylic acids is 1. The van der Waals surface area contributed by atoms with Crippen LogP contribution in [0.3, 0.4) is 0 Å². The van der Waals surface area contributed by atoms with Crippen LogP contribution in [-0.4, -0.2) is 27.0 Å². The van der Waals surface area contributed by atoms with E-state index in [1.165, 1.54) is 0 Å². The van der Waals surface area contributed by atoms with E-state index in [1.54, 1.807) is 6.20 Å². The maximum Gasteiger partial charge on any atom is 0.240 e. The number of aromatic nitrogens is 2. The minimum Gasteiger partial charge on any atom is -0.352 e. The SMILES string of the molecule is CC(C)C(C)NC(=O)Cn1ccnc1CNC(C)(C)C. The highest BCUT2D eigenvalue weighted by atomic mass is 16.2. The fourth-order valence-corrected chi connectivity index (χ4v) is 1.62. The van der Waals surface area contributed by atoms with Crippen molar-refractivity contribution in [2.45, 2.75) is 66.2 Å². The second-order valence-electron chi connectivity index (χ2n) is 6.68. The van der Waals surface area contributed by atoms with E-state index >= 15 is 0 Å². The van der Waals surface area contributed by atoms with Gasteiger partial charge in [0, 0.05) is 24.0 Å². The van der Waals surface area contributed by atoms with Gasteiger partial charge in [-0.2, -0.15) is 0 Å². The van der Waals surface area contributed by atoms with Gasteiger partial charge in [0.1, 0.15) is 12.4 Å². The van der Waals surface area contributed by atoms with Crippen molar-refractivity contribution in [2.24, 2.45) is 5.92 Å². The topological polar surface area (TPSA) is 59.0 Å². The lowest BCUT2D eigenvalue weighted by Crippen LogP contribution is -2.39. The Morgan fingerprint density at radius 3 is 2.55 bits per heavy atom. The fourth-order valence-electron chi connectivity index (χ4n) is 1.62. The number of amides is 1. The maximum atomic E-state index is 12.0. The van der Waals surface area contributed by atoms with Gasteiger partial charge in [-0.25, -0.2) is 4.98 Å². The lowest BCUT2D eigenvalue weighted by molar-refractivity contribution is -0.122. The van der Waals surface area contributed by atoms with E-state index < -0.39 is 0 Å². The zero-order valence-electron chi connectivity index (χ0n) is 13.5. The molecule has 0 spiro atoms. The molecule has 114 valence electrons. The molecule has 0 aromatic carbocycles. The zero-order chi connectivity index (χ0) is 15.3. The number of nitrogens with zero attached hydrogens (tertiary/aromatic N) is 2. The second-order valence-corrected chi connectivity index (χ2v) is 6.68. The third-order valence-electron chi connectivity index (χ3n) is 3.28. The van der Waals surface area contributed by atoms with Crippen molar-refractivity contribution in [3.05, 3.63) is 18.2 Å². The standard InChI is InChI=1S/C15H28N4O/c1-11(2)12(3)18-14(20)10-19-8-7-16-13(19)9-17-15(4,5)6/h7-8,11-12,17H,9-10H2,1-6H3,(H,18,20). The Morgan fingerprint density at radius 1 is 1.35 bits per heavy atom. The molecule has 1 heterocycles. The molecule has 1 rings (SSSR count). The van der Waals surface area contributed by atoms with Crippen molar-refractivity contribution >= 4 is 5.91 Å². The number of hydrogen-bond acceptors (Lipinski definition) is 3. The molecule has 1 aromatic heterocycles. The Kier molecular flexibility index (Phi) is 5.74. The van der Waals surface area contributed by atoms with Crippen LogP contribution in [0.1, 0.15) is 47.4 Å². The summed E-state index contributed by atoms with van der Waals surface area (Å²) in [5, 5.41) is 6.39. The molecule has 0 fully saturated rings. The predicted molar refractivity (Wildman–Crippen MR) is 81.3 cm³/mol. The van der Waals surface area contributed by atoms with E-state index in [-0.39, 0.29) is 17.5 Å². The maximum absolute atomic E-state index is 12.0. The molecule has 0 saturated carbocycles. The normalized spacial score (nSPS) is 13.6. The van der Waals surface area contributed by atoms with E-state index in [2.05, 4.69) is 50.2 Å². The average Bonchev–Trinajstić information content (AvgIpc) is 2.72. The van der Waals surface area contributed by atoms with Gasteiger partial charge in [0.2, 0.25) is 5.91 Å². The lowest BCUT2D eigenvalue weighted by atomic mass is 10.1. The summed E-state index contributed by atoms with van der Waals surface area (Å²) in [6.45, 7) is 13.5. The van der Waals surface area contributed by atoms with Gasteiger partial charge < -0.3 is 15.2 Å². The molecule has 0 saturated heterocycles. The fraction of sp³-hybridized carbons (Fsp3) is 0.733. The zero-order valence-corrected chi connectivity index (χ0v) is 13.5. The summed E-state index contributed by atoms with van der Waals surface area (Å²) >= 11 is 0. The van der Waals surface area contributed by atoms with E-state index in [0.717, 1.165) is 5.82 Å². The first-order valence-corrected chi connectivity index (χ1v) is 7.23. The van der Waals surface area contributed by atoms with Crippen molar-refractivity contribution < 1.29 is 4.79 Å². The third-order valence-corrected chi connectivity index (χ3v) is 3.28. The van der Waals surface area contributed by atoms with Gasteiger partial charge in [0.05, 0.1) is 6.54 Å². The smallest absolute Gasteiger partial charge is 0.240 e. The van der Waals surface area contributed by atoms with Crippen LogP contribution >= 0.6 is 0 Å². The number of hydrogen-bond donors (Lipinski definition) is 2. The van der Waals surface area contributed by atoms with Crippen LogP contribution in [-0.2, 0) is 17.9 Å². The molecule has 0 radical (unpaired) electrons. The number of nitrogens with one attached hydrogen (secondary N) is 2. The first-order chi connectivity index (χ1) is 9.19. The second kappa shape index (κ2) is 6.88. The Hall–Kier alpha value is -1.36. The molecule has 0 bridgehead atoms. The molecular weight excluding hydrogens is 252 g/mol. The molecule has 0 aliphatic carbocycles. The predicted octanol–water partition coefficient (Wildman–Crippen LogP) is 1.93. The Morgan fingerprint density at radius 2 is 2.00 bits per heavy atom. The van der Waals surface area contributed by atoms with E-state index in [0.29, 0.717) is 19.0 Å². The number of imidazole rings is 1. The van der Waals surface area contributed by atoms with Crippen LogP contribution in [0.5, 0.6) is 0 Å². The number of carbonyl (C=O) groups is 1. The number of rotatable bonds is 6. The summed E-state index contributed by atoms with van der Waals surface area (Å²) < 4.78 is 1.89. The Balaban J connectivity index is 2.56. The van der Waals surface area contributed by atoms with Crippen LogP contribution in [0.15, 0.2) is 12.4 Å². The van der Waals surface area contributed by atoms with E-state index in [4.69, 9.17) is 0 Å². The minimum atomic E-state index is 0.0289. The lowest BCUT2D eigenvalue weighted by Gasteiger charge is -2.21. The monoisotopic (exact) mass is 280 g/mol. The molecule has 1 unspecified atom stereocenters. The van der Waals surface area contributed by atoms with Crippen molar-refractivity contribution in [3.8, 4) is 0 Å². The highest BCUT2D eigenvalue weighted by Crippen LogP contribution is 2.04. The van der Waals surface area contributed by atoms with Gasteiger partial charge >= 0.3 is 0 Å². The molecule has 2 N–H and O–H groups in total. The first kappa shape index (κ1) is 16.7. The molecular formula is C15H28N4O. The van der Waals surface area contributed by atoms with Gasteiger partial charge in [-0.05, 0) is 33.6 Å². The van der Waals surface area contributed by atoms with Crippen LogP contribution in [0, 0.1) is 5.92 Å². The molecule has 1 aromatic rings. The average molecular weight is 280 g/mol. The molecule has 20 heavy (non-hydrogen) atoms. The van der Waals surface area contributed by atoms with Gasteiger partial charge in [-0.15, -0.1) is 0 Å². The third kappa shape index (κ3) is 5.74. The van der Waals surface area contributed by atoms with E-state index in [9.17, 15) is 4.79 Å². The first-order valence-electron chi connectivity index (χ1n) is 7.23. The summed E-state index contributed by atoms with van der Waals surface area (Å²) in [4.78, 5) is 16.3. The molecule has 0 aliphatic heterocycles. The Bertz CT molecular complexity index is 431. The summed E-state index contributed by atoms with van der Waals surface area (Å²) in [6, 6.07) is 0.183. The van der Waals surface area contributed by atoms with Crippen molar-refractivity contribution in [1.29, 1.82) is 0 Å². The molecule has 1 atom stereocenters.